The van der Waals surface area contributed by atoms with Gasteiger partial charge in [0, 0.05) is 41.2 Å². The van der Waals surface area contributed by atoms with Crippen LogP contribution in [0.1, 0.15) is 5.56 Å². The predicted molar refractivity (Wildman–Crippen MR) is 72.4 cm³/mol. The first-order valence-corrected chi connectivity index (χ1v) is 6.03. The lowest BCUT2D eigenvalue weighted by Gasteiger charge is -2.08. The smallest absolute Gasteiger partial charge is 0.270 e. The number of benzene rings is 1. The molecule has 0 bridgehead atoms. The van der Waals surface area contributed by atoms with Gasteiger partial charge in [0.05, 0.1) is 4.92 Å². The van der Waals surface area contributed by atoms with Crippen LogP contribution in [-0.4, -0.2) is 9.91 Å². The molecule has 0 aliphatic rings. The standard InChI is InChI=1S/C12H10BrN3O2/c13-11-7-10(16(17)18)1-2-12(11)15-8-9-3-5-14-6-4-9/h1-7,15H,8H2. The van der Waals surface area contributed by atoms with E-state index in [9.17, 15) is 10.1 Å². The average Bonchev–Trinajstić information content (AvgIpc) is 2.38. The minimum atomic E-state index is -0.419. The van der Waals surface area contributed by atoms with Crippen LogP contribution in [-0.2, 0) is 6.54 Å². The fourth-order valence-electron chi connectivity index (χ4n) is 1.46. The van der Waals surface area contributed by atoms with E-state index in [1.165, 1.54) is 12.1 Å². The highest BCUT2D eigenvalue weighted by Gasteiger charge is 2.08. The first-order valence-electron chi connectivity index (χ1n) is 5.23. The van der Waals surface area contributed by atoms with Gasteiger partial charge in [-0.1, -0.05) is 0 Å². The zero-order valence-electron chi connectivity index (χ0n) is 9.34. The van der Waals surface area contributed by atoms with Crippen LogP contribution in [0, 0.1) is 10.1 Å². The van der Waals surface area contributed by atoms with Crippen molar-refractivity contribution in [2.45, 2.75) is 6.54 Å². The number of aromatic nitrogens is 1. The Kier molecular flexibility index (Phi) is 3.88. The van der Waals surface area contributed by atoms with Gasteiger partial charge in [0.25, 0.3) is 5.69 Å². The Morgan fingerprint density at radius 1 is 1.28 bits per heavy atom. The summed E-state index contributed by atoms with van der Waals surface area (Å²) in [7, 11) is 0. The maximum absolute atomic E-state index is 10.6. The number of nitrogens with one attached hydrogen (secondary N) is 1. The van der Waals surface area contributed by atoms with Gasteiger partial charge in [-0.3, -0.25) is 15.1 Å². The van der Waals surface area contributed by atoms with E-state index < -0.39 is 4.92 Å². The van der Waals surface area contributed by atoms with E-state index in [2.05, 4.69) is 26.2 Å². The third kappa shape index (κ3) is 3.04. The third-order valence-electron chi connectivity index (χ3n) is 2.40. The van der Waals surface area contributed by atoms with Crippen molar-refractivity contribution in [2.75, 3.05) is 5.32 Å². The van der Waals surface area contributed by atoms with Crippen molar-refractivity contribution in [3.8, 4) is 0 Å². The summed E-state index contributed by atoms with van der Waals surface area (Å²) in [5.74, 6) is 0. The quantitative estimate of drug-likeness (QED) is 0.694. The summed E-state index contributed by atoms with van der Waals surface area (Å²) < 4.78 is 0.672. The molecule has 0 radical (unpaired) electrons. The number of nitro groups is 1. The van der Waals surface area contributed by atoms with Crippen LogP contribution >= 0.6 is 15.9 Å². The second-order valence-electron chi connectivity index (χ2n) is 3.63. The van der Waals surface area contributed by atoms with Crippen LogP contribution in [0.15, 0.2) is 47.2 Å². The number of nitrogens with zero attached hydrogens (tertiary/aromatic N) is 2. The van der Waals surface area contributed by atoms with Crippen LogP contribution in [0.25, 0.3) is 0 Å². The van der Waals surface area contributed by atoms with Crippen molar-refractivity contribution < 1.29 is 4.92 Å². The van der Waals surface area contributed by atoms with Crippen molar-refractivity contribution in [3.05, 3.63) is 62.9 Å². The van der Waals surface area contributed by atoms with Gasteiger partial charge in [-0.25, -0.2) is 0 Å². The summed E-state index contributed by atoms with van der Waals surface area (Å²) in [5.41, 5.74) is 1.98. The minimum absolute atomic E-state index is 0.0661. The van der Waals surface area contributed by atoms with Gasteiger partial charge in [0.15, 0.2) is 0 Å². The normalized spacial score (nSPS) is 10.1. The van der Waals surface area contributed by atoms with Crippen LogP contribution in [0.2, 0.25) is 0 Å². The highest BCUT2D eigenvalue weighted by atomic mass is 79.9. The minimum Gasteiger partial charge on any atom is -0.380 e. The van der Waals surface area contributed by atoms with Gasteiger partial charge >= 0.3 is 0 Å². The molecule has 2 rings (SSSR count). The molecule has 18 heavy (non-hydrogen) atoms. The van der Waals surface area contributed by atoms with Crippen LogP contribution in [0.5, 0.6) is 0 Å². The summed E-state index contributed by atoms with van der Waals surface area (Å²) in [6, 6.07) is 8.45. The van der Waals surface area contributed by atoms with Crippen LogP contribution in [0.3, 0.4) is 0 Å². The number of anilines is 1. The van der Waals surface area contributed by atoms with Crippen molar-refractivity contribution in [1.29, 1.82) is 0 Å². The fourth-order valence-corrected chi connectivity index (χ4v) is 1.97. The van der Waals surface area contributed by atoms with E-state index in [0.717, 1.165) is 11.3 Å². The number of nitro benzene ring substituents is 1. The van der Waals surface area contributed by atoms with Gasteiger partial charge in [0.2, 0.25) is 0 Å². The molecule has 0 saturated heterocycles. The first kappa shape index (κ1) is 12.5. The monoisotopic (exact) mass is 307 g/mol. The molecule has 0 fully saturated rings. The van der Waals surface area contributed by atoms with Crippen molar-refractivity contribution in [2.24, 2.45) is 0 Å². The maximum atomic E-state index is 10.6. The largest absolute Gasteiger partial charge is 0.380 e. The number of non-ortho nitro benzene ring substituents is 1. The SMILES string of the molecule is O=[N+]([O-])c1ccc(NCc2ccncc2)c(Br)c1. The van der Waals surface area contributed by atoms with Crippen LogP contribution < -0.4 is 5.32 Å². The van der Waals surface area contributed by atoms with Gasteiger partial charge in [0.1, 0.15) is 0 Å². The molecule has 1 heterocycles. The summed E-state index contributed by atoms with van der Waals surface area (Å²) in [6.45, 7) is 0.638. The molecule has 0 aliphatic carbocycles. The van der Waals surface area contributed by atoms with Gasteiger partial charge in [-0.15, -0.1) is 0 Å². The third-order valence-corrected chi connectivity index (χ3v) is 3.05. The summed E-state index contributed by atoms with van der Waals surface area (Å²) in [5, 5.41) is 13.8. The topological polar surface area (TPSA) is 68.1 Å². The van der Waals surface area contributed by atoms with Gasteiger partial charge < -0.3 is 5.32 Å². The van der Waals surface area contributed by atoms with E-state index in [1.807, 2.05) is 12.1 Å². The molecular weight excluding hydrogens is 298 g/mol. The molecule has 0 aliphatic heterocycles. The molecule has 6 heteroatoms. The number of pyridine rings is 1. The predicted octanol–water partition coefficient (Wildman–Crippen LogP) is 3.36. The zero-order valence-corrected chi connectivity index (χ0v) is 10.9. The lowest BCUT2D eigenvalue weighted by Crippen LogP contribution is -2.00. The Hall–Kier alpha value is -1.95. The van der Waals surface area contributed by atoms with E-state index in [0.29, 0.717) is 11.0 Å². The molecule has 2 aromatic rings. The van der Waals surface area contributed by atoms with Crippen molar-refractivity contribution in [3.63, 3.8) is 0 Å². The number of hydrogen-bond donors (Lipinski definition) is 1. The molecule has 5 nitrogen and oxygen atoms in total. The number of rotatable bonds is 4. The van der Waals surface area contributed by atoms with Gasteiger partial charge in [-0.2, -0.15) is 0 Å². The molecule has 0 saturated carbocycles. The Morgan fingerprint density at radius 3 is 2.61 bits per heavy atom. The van der Waals surface area contributed by atoms with Gasteiger partial charge in [-0.05, 0) is 39.7 Å². The molecule has 0 amide bonds. The second-order valence-corrected chi connectivity index (χ2v) is 4.48. The summed E-state index contributed by atoms with van der Waals surface area (Å²) >= 11 is 3.31. The zero-order chi connectivity index (χ0) is 13.0. The van der Waals surface area contributed by atoms with Crippen molar-refractivity contribution >= 4 is 27.3 Å². The summed E-state index contributed by atoms with van der Waals surface area (Å²) in [6.07, 6.45) is 3.45. The molecule has 0 unspecified atom stereocenters. The lowest BCUT2D eigenvalue weighted by molar-refractivity contribution is -0.384. The summed E-state index contributed by atoms with van der Waals surface area (Å²) in [4.78, 5) is 14.1. The highest BCUT2D eigenvalue weighted by Crippen LogP contribution is 2.27. The Morgan fingerprint density at radius 2 is 2.00 bits per heavy atom. The van der Waals surface area contributed by atoms with E-state index in [-0.39, 0.29) is 5.69 Å². The highest BCUT2D eigenvalue weighted by molar-refractivity contribution is 9.10. The van der Waals surface area contributed by atoms with E-state index in [1.54, 1.807) is 18.5 Å². The van der Waals surface area contributed by atoms with E-state index >= 15 is 0 Å². The lowest BCUT2D eigenvalue weighted by atomic mass is 10.2. The average molecular weight is 308 g/mol. The Bertz CT molecular complexity index is 561. The van der Waals surface area contributed by atoms with E-state index in [4.69, 9.17) is 0 Å². The maximum Gasteiger partial charge on any atom is 0.270 e. The molecule has 0 spiro atoms. The van der Waals surface area contributed by atoms with Crippen molar-refractivity contribution in [1.82, 2.24) is 4.98 Å². The van der Waals surface area contributed by atoms with Crippen LogP contribution in [0.4, 0.5) is 11.4 Å². The molecule has 0 atom stereocenters. The molecule has 1 N–H and O–H groups in total. The number of hydrogen-bond acceptors (Lipinski definition) is 4. The molecule has 1 aromatic heterocycles. The first-order chi connectivity index (χ1) is 8.66. The second kappa shape index (κ2) is 5.59. The number of halogens is 1. The Balaban J connectivity index is 2.08. The molecule has 92 valence electrons. The molecule has 1 aromatic carbocycles. The Labute approximate surface area is 112 Å². The molecular formula is C12H10BrN3O2. The fraction of sp³-hybridized carbons (Fsp3) is 0.0833.